The quantitative estimate of drug-likeness (QED) is 0.307. The predicted molar refractivity (Wildman–Crippen MR) is 126 cm³/mol. The van der Waals surface area contributed by atoms with Gasteiger partial charge < -0.3 is 19.2 Å². The van der Waals surface area contributed by atoms with Crippen LogP contribution in [0.3, 0.4) is 0 Å². The first-order valence-electron chi connectivity index (χ1n) is 9.75. The average molecular weight is 465 g/mol. The van der Waals surface area contributed by atoms with Crippen molar-refractivity contribution in [3.63, 3.8) is 0 Å². The van der Waals surface area contributed by atoms with Crippen molar-refractivity contribution in [2.45, 2.75) is 6.92 Å². The molecule has 2 aromatic carbocycles. The number of carbonyl (C=O) groups excluding carboxylic acids is 1. The lowest BCUT2D eigenvalue weighted by Crippen LogP contribution is -2.19. The summed E-state index contributed by atoms with van der Waals surface area (Å²) in [5, 5.41) is 14.5. The van der Waals surface area contributed by atoms with E-state index in [-0.39, 0.29) is 11.6 Å². The molecule has 0 saturated carbocycles. The Morgan fingerprint density at radius 2 is 1.94 bits per heavy atom. The van der Waals surface area contributed by atoms with Crippen LogP contribution in [0.25, 0.3) is 17.4 Å². The van der Waals surface area contributed by atoms with Crippen molar-refractivity contribution in [2.75, 3.05) is 14.2 Å². The van der Waals surface area contributed by atoms with E-state index >= 15 is 0 Å². The minimum atomic E-state index is -0.445. The maximum atomic E-state index is 12.4. The first-order chi connectivity index (χ1) is 15.9. The van der Waals surface area contributed by atoms with Crippen molar-refractivity contribution in [3.05, 3.63) is 74.9 Å². The van der Waals surface area contributed by atoms with Crippen molar-refractivity contribution >= 4 is 40.3 Å². The highest BCUT2D eigenvalue weighted by atomic mass is 32.2. The first-order valence-corrected chi connectivity index (χ1v) is 10.6. The predicted octanol–water partition coefficient (Wildman–Crippen LogP) is 5.07. The molecule has 33 heavy (non-hydrogen) atoms. The Morgan fingerprint density at radius 1 is 1.12 bits per heavy atom. The van der Waals surface area contributed by atoms with E-state index in [1.807, 2.05) is 0 Å². The van der Waals surface area contributed by atoms with Gasteiger partial charge in [0.05, 0.1) is 29.6 Å². The highest BCUT2D eigenvalue weighted by Crippen LogP contribution is 2.36. The van der Waals surface area contributed by atoms with E-state index in [2.05, 4.69) is 10.3 Å². The number of hydrogen-bond donors (Lipinski definition) is 1. The van der Waals surface area contributed by atoms with Gasteiger partial charge in [-0.05, 0) is 54.6 Å². The summed E-state index contributed by atoms with van der Waals surface area (Å²) < 4.78 is 16.3. The van der Waals surface area contributed by atoms with E-state index in [1.54, 1.807) is 62.6 Å². The molecule has 168 valence electrons. The van der Waals surface area contributed by atoms with Crippen molar-refractivity contribution in [1.29, 1.82) is 0 Å². The fourth-order valence-corrected chi connectivity index (χ4v) is 3.99. The molecule has 0 atom stereocenters. The van der Waals surface area contributed by atoms with Gasteiger partial charge in [-0.15, -0.1) is 0 Å². The third-order valence-corrected chi connectivity index (χ3v) is 5.69. The second-order valence-corrected chi connectivity index (χ2v) is 8.03. The number of nitrogens with zero attached hydrogens (tertiary/aromatic N) is 2. The third kappa shape index (κ3) is 4.75. The fraction of sp³-hybridized carbons (Fsp3) is 0.130. The summed E-state index contributed by atoms with van der Waals surface area (Å²) in [4.78, 5) is 28.2. The van der Waals surface area contributed by atoms with Crippen molar-refractivity contribution in [2.24, 2.45) is 4.99 Å². The number of nitrogens with one attached hydrogen (secondary N) is 1. The molecule has 1 aliphatic heterocycles. The van der Waals surface area contributed by atoms with Crippen LogP contribution in [0.15, 0.2) is 62.8 Å². The van der Waals surface area contributed by atoms with Crippen LogP contribution >= 0.6 is 11.8 Å². The third-order valence-electron chi connectivity index (χ3n) is 4.78. The number of furan rings is 1. The molecule has 1 amide bonds. The summed E-state index contributed by atoms with van der Waals surface area (Å²) in [6.45, 7) is 1.78. The normalized spacial score (nSPS) is 15.7. The zero-order valence-corrected chi connectivity index (χ0v) is 18.8. The highest BCUT2D eigenvalue weighted by Gasteiger charge is 2.25. The van der Waals surface area contributed by atoms with Crippen LogP contribution in [0.2, 0.25) is 0 Å². The topological polar surface area (TPSA) is 116 Å². The molecule has 4 rings (SSSR count). The molecule has 3 aromatic rings. The number of aliphatic imine (C=N–C) groups is 1. The van der Waals surface area contributed by atoms with Crippen molar-refractivity contribution < 1.29 is 23.6 Å². The second-order valence-electron chi connectivity index (χ2n) is 7.00. The Kier molecular flexibility index (Phi) is 6.18. The van der Waals surface area contributed by atoms with Crippen LogP contribution in [-0.4, -0.2) is 30.2 Å². The van der Waals surface area contributed by atoms with E-state index < -0.39 is 4.92 Å². The van der Waals surface area contributed by atoms with Crippen molar-refractivity contribution in [1.82, 2.24) is 5.32 Å². The Balaban J connectivity index is 1.59. The molecule has 1 aromatic heterocycles. The van der Waals surface area contributed by atoms with Gasteiger partial charge in [-0.3, -0.25) is 14.9 Å². The number of ether oxygens (including phenoxy) is 2. The number of methoxy groups -OCH3 is 2. The van der Waals surface area contributed by atoms with E-state index in [0.29, 0.717) is 44.3 Å². The maximum absolute atomic E-state index is 12.4. The van der Waals surface area contributed by atoms with E-state index in [9.17, 15) is 14.9 Å². The maximum Gasteiger partial charge on any atom is 0.280 e. The summed E-state index contributed by atoms with van der Waals surface area (Å²) in [5.74, 6) is 1.53. The van der Waals surface area contributed by atoms with E-state index in [1.165, 1.54) is 13.2 Å². The van der Waals surface area contributed by atoms with Gasteiger partial charge in [0.15, 0.2) is 5.17 Å². The molecular weight excluding hydrogens is 446 g/mol. The van der Waals surface area contributed by atoms with E-state index in [0.717, 1.165) is 17.3 Å². The summed E-state index contributed by atoms with van der Waals surface area (Å²) in [6, 6.07) is 13.4. The number of aryl methyl sites for hydroxylation is 1. The SMILES string of the molecule is COc1ccc(N=C2NC(=O)C(=Cc3ccc(-c4ccc(C)cc4[N+](=O)[O-])o3)S2)c(OC)c1. The molecule has 1 N–H and O–H groups in total. The monoisotopic (exact) mass is 465 g/mol. The van der Waals surface area contributed by atoms with Crippen LogP contribution in [0.4, 0.5) is 11.4 Å². The van der Waals surface area contributed by atoms with Crippen LogP contribution < -0.4 is 14.8 Å². The van der Waals surface area contributed by atoms with Gasteiger partial charge in [0.25, 0.3) is 11.6 Å². The number of amides is 1. The van der Waals surface area contributed by atoms with Gasteiger partial charge in [0.2, 0.25) is 0 Å². The summed E-state index contributed by atoms with van der Waals surface area (Å²) in [5.41, 5.74) is 1.64. The lowest BCUT2D eigenvalue weighted by atomic mass is 10.1. The van der Waals surface area contributed by atoms with Gasteiger partial charge in [0, 0.05) is 18.2 Å². The smallest absolute Gasteiger partial charge is 0.280 e. The van der Waals surface area contributed by atoms with Crippen LogP contribution in [-0.2, 0) is 4.79 Å². The number of nitro benzene ring substituents is 1. The molecule has 0 radical (unpaired) electrons. The van der Waals surface area contributed by atoms with Gasteiger partial charge in [-0.2, -0.15) is 0 Å². The van der Waals surface area contributed by atoms with Gasteiger partial charge >= 0.3 is 0 Å². The molecule has 9 nitrogen and oxygen atoms in total. The lowest BCUT2D eigenvalue weighted by Gasteiger charge is -2.07. The zero-order chi connectivity index (χ0) is 23.5. The number of hydrogen-bond acceptors (Lipinski definition) is 8. The minimum absolute atomic E-state index is 0.0422. The first kappa shape index (κ1) is 22.2. The summed E-state index contributed by atoms with van der Waals surface area (Å²) in [6.07, 6.45) is 1.57. The minimum Gasteiger partial charge on any atom is -0.497 e. The Morgan fingerprint density at radius 3 is 2.67 bits per heavy atom. The number of carbonyl (C=O) groups is 1. The van der Waals surface area contributed by atoms with Crippen LogP contribution in [0.5, 0.6) is 11.5 Å². The van der Waals surface area contributed by atoms with Crippen LogP contribution in [0, 0.1) is 17.0 Å². The molecule has 10 heteroatoms. The Labute approximate surface area is 193 Å². The second kappa shape index (κ2) is 9.21. The molecular formula is C23H19N3O6S. The number of benzene rings is 2. The molecule has 1 saturated heterocycles. The number of amidine groups is 1. The summed E-state index contributed by atoms with van der Waals surface area (Å²) in [7, 11) is 3.08. The standard InChI is InChI=1S/C23H19N3O6S/c1-13-4-7-16(18(10-13)26(28)29)19-9-6-15(32-19)12-21-22(27)25-23(33-21)24-17-8-5-14(30-2)11-20(17)31-3/h4-12H,1-3H3,(H,24,25,27). The highest BCUT2D eigenvalue weighted by molar-refractivity contribution is 8.18. The molecule has 1 fully saturated rings. The van der Waals surface area contributed by atoms with Gasteiger partial charge in [-0.25, -0.2) is 4.99 Å². The fourth-order valence-electron chi connectivity index (χ4n) is 3.17. The number of nitro groups is 1. The molecule has 0 aliphatic carbocycles. The molecule has 1 aliphatic rings. The molecule has 0 spiro atoms. The van der Waals surface area contributed by atoms with Crippen LogP contribution in [0.1, 0.15) is 11.3 Å². The number of thioether (sulfide) groups is 1. The molecule has 0 bridgehead atoms. The van der Waals surface area contributed by atoms with E-state index in [4.69, 9.17) is 13.9 Å². The Hall–Kier alpha value is -4.05. The van der Waals surface area contributed by atoms with Gasteiger partial charge in [-0.1, -0.05) is 6.07 Å². The Bertz CT molecular complexity index is 1310. The molecule has 2 heterocycles. The number of rotatable bonds is 6. The zero-order valence-electron chi connectivity index (χ0n) is 17.9. The van der Waals surface area contributed by atoms with Crippen molar-refractivity contribution in [3.8, 4) is 22.8 Å². The van der Waals surface area contributed by atoms with Gasteiger partial charge in [0.1, 0.15) is 28.7 Å². The average Bonchev–Trinajstić information content (AvgIpc) is 3.40. The lowest BCUT2D eigenvalue weighted by molar-refractivity contribution is -0.384. The molecule has 0 unspecified atom stereocenters. The summed E-state index contributed by atoms with van der Waals surface area (Å²) >= 11 is 1.15. The largest absolute Gasteiger partial charge is 0.497 e.